The number of carboxylic acid groups (broad SMARTS) is 1. The second-order valence-electron chi connectivity index (χ2n) is 8.86. The Kier molecular flexibility index (Phi) is 9.13. The Balaban J connectivity index is 1.48. The Labute approximate surface area is 217 Å². The first-order chi connectivity index (χ1) is 18.1. The number of carboxylic acids is 1. The largest absolute Gasteiger partial charge is 0.493 e. The molecule has 0 saturated heterocycles. The Bertz CT molecular complexity index is 1270. The molecule has 0 aliphatic rings. The number of aliphatic carboxylic acids is 1. The van der Waals surface area contributed by atoms with Crippen molar-refractivity contribution in [2.45, 2.75) is 38.8 Å². The van der Waals surface area contributed by atoms with Crippen LogP contribution in [0.1, 0.15) is 47.2 Å². The number of ether oxygens (including phenoxy) is 1. The number of para-hydroxylation sites is 1. The van der Waals surface area contributed by atoms with Gasteiger partial charge in [0.1, 0.15) is 11.5 Å². The van der Waals surface area contributed by atoms with Crippen LogP contribution < -0.4 is 4.74 Å². The van der Waals surface area contributed by atoms with E-state index in [4.69, 9.17) is 14.3 Å². The summed E-state index contributed by atoms with van der Waals surface area (Å²) in [6.07, 6.45) is 4.01. The van der Waals surface area contributed by atoms with Crippen LogP contribution in [0, 0.1) is 0 Å². The molecule has 3 aromatic carbocycles. The molecule has 0 unspecified atom stereocenters. The average Bonchev–Trinajstić information content (AvgIpc) is 3.46. The summed E-state index contributed by atoms with van der Waals surface area (Å²) in [5.74, 6) is 0.650. The minimum Gasteiger partial charge on any atom is -0.493 e. The minimum absolute atomic E-state index is 0.0710. The van der Waals surface area contributed by atoms with E-state index >= 15 is 0 Å². The summed E-state index contributed by atoms with van der Waals surface area (Å²) in [6, 6.07) is 28.9. The highest BCUT2D eigenvalue weighted by atomic mass is 16.5. The second kappa shape index (κ2) is 13.1. The molecule has 0 bridgehead atoms. The van der Waals surface area contributed by atoms with Gasteiger partial charge in [-0.3, -0.25) is 9.59 Å². The van der Waals surface area contributed by atoms with Crippen LogP contribution in [0.4, 0.5) is 0 Å². The normalized spacial score (nSPS) is 10.7. The van der Waals surface area contributed by atoms with Crippen molar-refractivity contribution >= 4 is 11.9 Å². The number of carbonyl (C=O) groups excluding carboxylic acids is 1. The monoisotopic (exact) mass is 497 g/mol. The highest BCUT2D eigenvalue weighted by molar-refractivity contribution is 5.94. The second-order valence-corrected chi connectivity index (χ2v) is 8.86. The zero-order valence-corrected chi connectivity index (χ0v) is 20.7. The summed E-state index contributed by atoms with van der Waals surface area (Å²) in [5, 5.41) is 8.79. The lowest BCUT2D eigenvalue weighted by atomic mass is 10.1. The topological polar surface area (TPSA) is 80.0 Å². The number of amides is 1. The van der Waals surface area contributed by atoms with Crippen LogP contribution in [0.2, 0.25) is 0 Å². The molecule has 6 heteroatoms. The van der Waals surface area contributed by atoms with Gasteiger partial charge in [-0.05, 0) is 55.2 Å². The van der Waals surface area contributed by atoms with Crippen LogP contribution in [0.15, 0.2) is 102 Å². The van der Waals surface area contributed by atoms with Crippen LogP contribution >= 0.6 is 0 Å². The molecule has 4 aromatic rings. The van der Waals surface area contributed by atoms with E-state index < -0.39 is 5.97 Å². The number of unbranched alkanes of at least 4 members (excludes halogenated alkanes) is 2. The molecule has 1 N–H and O–H groups in total. The lowest BCUT2D eigenvalue weighted by Crippen LogP contribution is -2.30. The van der Waals surface area contributed by atoms with Gasteiger partial charge in [0.2, 0.25) is 0 Å². The number of carbonyl (C=O) groups is 2. The fraction of sp³-hybridized carbons (Fsp3) is 0.226. The summed E-state index contributed by atoms with van der Waals surface area (Å²) < 4.78 is 11.5. The van der Waals surface area contributed by atoms with Gasteiger partial charge in [0.05, 0.1) is 12.9 Å². The van der Waals surface area contributed by atoms with E-state index in [1.165, 1.54) is 0 Å². The molecule has 0 fully saturated rings. The zero-order chi connectivity index (χ0) is 25.9. The van der Waals surface area contributed by atoms with Crippen LogP contribution in [0.25, 0.3) is 11.3 Å². The fourth-order valence-corrected chi connectivity index (χ4v) is 4.12. The van der Waals surface area contributed by atoms with Gasteiger partial charge < -0.3 is 19.2 Å². The van der Waals surface area contributed by atoms with E-state index in [-0.39, 0.29) is 12.3 Å². The van der Waals surface area contributed by atoms with Crippen molar-refractivity contribution < 1.29 is 23.8 Å². The van der Waals surface area contributed by atoms with Gasteiger partial charge >= 0.3 is 5.97 Å². The smallest absolute Gasteiger partial charge is 0.303 e. The van der Waals surface area contributed by atoms with Crippen LogP contribution in [-0.4, -0.2) is 28.5 Å². The Morgan fingerprint density at radius 2 is 1.54 bits per heavy atom. The standard InChI is InChI=1S/C31H31NO5/c33-30(34)15-5-2-8-20-36-29-13-7-6-12-27(29)23-32(22-24-10-3-1-4-11-24)31(35)26-18-16-25(17-19-26)28-14-9-21-37-28/h1,3-4,6-7,9-14,16-19,21H,2,5,8,15,20,22-23H2,(H,33,34). The number of benzene rings is 3. The van der Waals surface area contributed by atoms with Gasteiger partial charge in [-0.2, -0.15) is 0 Å². The van der Waals surface area contributed by atoms with Crippen molar-refractivity contribution in [3.8, 4) is 17.1 Å². The van der Waals surface area contributed by atoms with Gasteiger partial charge in [0, 0.05) is 36.2 Å². The SMILES string of the molecule is O=C(O)CCCCCOc1ccccc1CN(Cc1ccccc1)C(=O)c1ccc(-c2ccco2)cc1. The Morgan fingerprint density at radius 3 is 2.27 bits per heavy atom. The van der Waals surface area contributed by atoms with E-state index in [2.05, 4.69) is 0 Å². The van der Waals surface area contributed by atoms with Crippen molar-refractivity contribution in [2.24, 2.45) is 0 Å². The van der Waals surface area contributed by atoms with E-state index in [0.29, 0.717) is 31.7 Å². The number of rotatable bonds is 13. The predicted octanol–water partition coefficient (Wildman–Crippen LogP) is 6.81. The third-order valence-electron chi connectivity index (χ3n) is 6.07. The molecule has 1 amide bonds. The van der Waals surface area contributed by atoms with Crippen LogP contribution in [0.5, 0.6) is 5.75 Å². The summed E-state index contributed by atoms with van der Waals surface area (Å²) in [5.41, 5.74) is 3.48. The minimum atomic E-state index is -0.773. The van der Waals surface area contributed by atoms with Crippen molar-refractivity contribution in [1.82, 2.24) is 4.90 Å². The quantitative estimate of drug-likeness (QED) is 0.205. The maximum atomic E-state index is 13.7. The van der Waals surface area contributed by atoms with Crippen molar-refractivity contribution in [3.05, 3.63) is 114 Å². The molecule has 4 rings (SSSR count). The lowest BCUT2D eigenvalue weighted by Gasteiger charge is -2.24. The fourth-order valence-electron chi connectivity index (χ4n) is 4.12. The number of nitrogens with zero attached hydrogens (tertiary/aromatic N) is 1. The van der Waals surface area contributed by atoms with Crippen molar-refractivity contribution in [2.75, 3.05) is 6.61 Å². The molecule has 0 radical (unpaired) electrons. The molecule has 1 aromatic heterocycles. The Hall–Kier alpha value is -4.32. The predicted molar refractivity (Wildman–Crippen MR) is 142 cm³/mol. The molecular formula is C31H31NO5. The van der Waals surface area contributed by atoms with Crippen molar-refractivity contribution in [3.63, 3.8) is 0 Å². The van der Waals surface area contributed by atoms with Crippen LogP contribution in [0.3, 0.4) is 0 Å². The summed E-state index contributed by atoms with van der Waals surface area (Å²) >= 11 is 0. The highest BCUT2D eigenvalue weighted by Gasteiger charge is 2.19. The first kappa shape index (κ1) is 25.8. The lowest BCUT2D eigenvalue weighted by molar-refractivity contribution is -0.137. The van der Waals surface area contributed by atoms with E-state index in [9.17, 15) is 9.59 Å². The molecule has 0 aliphatic carbocycles. The maximum Gasteiger partial charge on any atom is 0.303 e. The highest BCUT2D eigenvalue weighted by Crippen LogP contribution is 2.24. The van der Waals surface area contributed by atoms with Gasteiger partial charge in [-0.15, -0.1) is 0 Å². The summed E-state index contributed by atoms with van der Waals surface area (Å²) in [6.45, 7) is 1.35. The third-order valence-corrected chi connectivity index (χ3v) is 6.07. The van der Waals surface area contributed by atoms with E-state index in [0.717, 1.165) is 41.0 Å². The van der Waals surface area contributed by atoms with Gasteiger partial charge in [-0.1, -0.05) is 60.7 Å². The molecule has 0 aliphatic heterocycles. The van der Waals surface area contributed by atoms with Gasteiger partial charge in [0.25, 0.3) is 5.91 Å². The molecule has 1 heterocycles. The first-order valence-electron chi connectivity index (χ1n) is 12.5. The molecule has 0 spiro atoms. The zero-order valence-electron chi connectivity index (χ0n) is 20.7. The number of furan rings is 1. The molecule has 0 atom stereocenters. The third kappa shape index (κ3) is 7.58. The maximum absolute atomic E-state index is 13.7. The van der Waals surface area contributed by atoms with Gasteiger partial charge in [-0.25, -0.2) is 0 Å². The molecule has 6 nitrogen and oxygen atoms in total. The Morgan fingerprint density at radius 1 is 0.784 bits per heavy atom. The van der Waals surface area contributed by atoms with E-state index in [1.54, 1.807) is 6.26 Å². The first-order valence-corrected chi connectivity index (χ1v) is 12.5. The van der Waals surface area contributed by atoms with E-state index in [1.807, 2.05) is 95.9 Å². The molecule has 0 saturated carbocycles. The summed E-state index contributed by atoms with van der Waals surface area (Å²) in [4.78, 5) is 26.2. The molecular weight excluding hydrogens is 466 g/mol. The van der Waals surface area contributed by atoms with Gasteiger partial charge in [0.15, 0.2) is 0 Å². The number of hydrogen-bond acceptors (Lipinski definition) is 4. The van der Waals surface area contributed by atoms with Crippen LogP contribution in [-0.2, 0) is 17.9 Å². The molecule has 37 heavy (non-hydrogen) atoms. The summed E-state index contributed by atoms with van der Waals surface area (Å²) in [7, 11) is 0. The number of hydrogen-bond donors (Lipinski definition) is 1. The average molecular weight is 498 g/mol. The van der Waals surface area contributed by atoms with Crippen molar-refractivity contribution in [1.29, 1.82) is 0 Å². The molecule has 190 valence electrons.